The molecule has 0 aromatic heterocycles. The fourth-order valence-electron chi connectivity index (χ4n) is 2.15. The molecule has 1 aromatic rings. The summed E-state index contributed by atoms with van der Waals surface area (Å²) in [5, 5.41) is 2.90. The van der Waals surface area contributed by atoms with Crippen molar-refractivity contribution < 1.29 is 9.59 Å². The summed E-state index contributed by atoms with van der Waals surface area (Å²) in [6.07, 6.45) is 0.869. The van der Waals surface area contributed by atoms with Crippen molar-refractivity contribution in [1.29, 1.82) is 0 Å². The molecule has 0 radical (unpaired) electrons. The number of amides is 2. The Balaban J connectivity index is 2.98. The van der Waals surface area contributed by atoms with Gasteiger partial charge in [-0.1, -0.05) is 39.0 Å². The van der Waals surface area contributed by atoms with E-state index in [1.807, 2.05) is 38.1 Å². The molecule has 2 amide bonds. The Morgan fingerprint density at radius 2 is 1.81 bits per heavy atom. The van der Waals surface area contributed by atoms with Crippen LogP contribution in [-0.2, 0) is 9.59 Å². The van der Waals surface area contributed by atoms with E-state index in [1.54, 1.807) is 4.90 Å². The van der Waals surface area contributed by atoms with E-state index in [9.17, 15) is 9.59 Å². The standard InChI is InChI=1S/C17H26N2O2/c1-6-13(4)18-17(21)11-19(14(5)20)16-10-8-7-9-15(16)12(2)3/h7-10,12-13H,6,11H2,1-5H3,(H,18,21). The molecule has 21 heavy (non-hydrogen) atoms. The number of hydrogen-bond acceptors (Lipinski definition) is 2. The van der Waals surface area contributed by atoms with Crippen LogP contribution >= 0.6 is 0 Å². The molecule has 0 fully saturated rings. The van der Waals surface area contributed by atoms with Crippen LogP contribution in [0.25, 0.3) is 0 Å². The molecule has 1 N–H and O–H groups in total. The second-order valence-electron chi connectivity index (χ2n) is 5.70. The van der Waals surface area contributed by atoms with E-state index in [-0.39, 0.29) is 24.4 Å². The minimum Gasteiger partial charge on any atom is -0.352 e. The third-order valence-corrected chi connectivity index (χ3v) is 3.55. The lowest BCUT2D eigenvalue weighted by molar-refractivity contribution is -0.123. The summed E-state index contributed by atoms with van der Waals surface area (Å²) in [6, 6.07) is 7.86. The number of anilines is 1. The number of nitrogens with one attached hydrogen (secondary N) is 1. The minimum atomic E-state index is -0.127. The van der Waals surface area contributed by atoms with Crippen molar-refractivity contribution in [3.05, 3.63) is 29.8 Å². The van der Waals surface area contributed by atoms with Gasteiger partial charge in [0.1, 0.15) is 6.54 Å². The van der Waals surface area contributed by atoms with Gasteiger partial charge in [-0.2, -0.15) is 0 Å². The van der Waals surface area contributed by atoms with Gasteiger partial charge in [-0.15, -0.1) is 0 Å². The van der Waals surface area contributed by atoms with Crippen LogP contribution in [0.1, 0.15) is 52.5 Å². The maximum absolute atomic E-state index is 12.1. The van der Waals surface area contributed by atoms with Crippen LogP contribution in [0.5, 0.6) is 0 Å². The highest BCUT2D eigenvalue weighted by Crippen LogP contribution is 2.27. The van der Waals surface area contributed by atoms with Crippen molar-refractivity contribution in [1.82, 2.24) is 5.32 Å². The van der Waals surface area contributed by atoms with Gasteiger partial charge in [0.15, 0.2) is 0 Å². The van der Waals surface area contributed by atoms with E-state index in [2.05, 4.69) is 19.2 Å². The molecule has 0 heterocycles. The van der Waals surface area contributed by atoms with Crippen molar-refractivity contribution in [2.24, 2.45) is 0 Å². The maximum atomic E-state index is 12.1. The Hall–Kier alpha value is -1.84. The fourth-order valence-corrected chi connectivity index (χ4v) is 2.15. The van der Waals surface area contributed by atoms with Gasteiger partial charge in [0.05, 0.1) is 0 Å². The molecule has 1 unspecified atom stereocenters. The molecule has 4 nitrogen and oxygen atoms in total. The first-order valence-electron chi connectivity index (χ1n) is 7.53. The predicted molar refractivity (Wildman–Crippen MR) is 86.5 cm³/mol. The van der Waals surface area contributed by atoms with E-state index in [0.717, 1.165) is 17.7 Å². The van der Waals surface area contributed by atoms with Crippen molar-refractivity contribution >= 4 is 17.5 Å². The van der Waals surface area contributed by atoms with E-state index >= 15 is 0 Å². The molecule has 0 saturated heterocycles. The van der Waals surface area contributed by atoms with E-state index in [4.69, 9.17) is 0 Å². The average molecular weight is 290 g/mol. The zero-order valence-electron chi connectivity index (χ0n) is 13.6. The SMILES string of the molecule is CCC(C)NC(=O)CN(C(C)=O)c1ccccc1C(C)C. The highest BCUT2D eigenvalue weighted by Gasteiger charge is 2.20. The van der Waals surface area contributed by atoms with Crippen LogP contribution in [0.4, 0.5) is 5.69 Å². The number of benzene rings is 1. The van der Waals surface area contributed by atoms with Crippen molar-refractivity contribution in [2.45, 2.75) is 53.0 Å². The van der Waals surface area contributed by atoms with Gasteiger partial charge in [0.2, 0.25) is 11.8 Å². The topological polar surface area (TPSA) is 49.4 Å². The first-order chi connectivity index (χ1) is 9.86. The highest BCUT2D eigenvalue weighted by atomic mass is 16.2. The monoisotopic (exact) mass is 290 g/mol. The van der Waals surface area contributed by atoms with E-state index < -0.39 is 0 Å². The predicted octanol–water partition coefficient (Wildman–Crippen LogP) is 3.08. The minimum absolute atomic E-state index is 0.0589. The van der Waals surface area contributed by atoms with Crippen LogP contribution in [0.3, 0.4) is 0 Å². The summed E-state index contributed by atoms with van der Waals surface area (Å²) in [5.74, 6) is 0.0428. The highest BCUT2D eigenvalue weighted by molar-refractivity contribution is 5.98. The Labute approximate surface area is 127 Å². The number of para-hydroxylation sites is 1. The molecule has 116 valence electrons. The van der Waals surface area contributed by atoms with E-state index in [1.165, 1.54) is 6.92 Å². The van der Waals surface area contributed by atoms with Crippen LogP contribution in [0.15, 0.2) is 24.3 Å². The van der Waals surface area contributed by atoms with Gasteiger partial charge in [0.25, 0.3) is 0 Å². The van der Waals surface area contributed by atoms with Crippen molar-refractivity contribution in [3.63, 3.8) is 0 Å². The molecule has 1 atom stereocenters. The lowest BCUT2D eigenvalue weighted by Crippen LogP contribution is -2.43. The molecule has 0 aliphatic heterocycles. The number of carbonyl (C=O) groups excluding carboxylic acids is 2. The summed E-state index contributed by atoms with van der Waals surface area (Å²) >= 11 is 0. The molecular formula is C17H26N2O2. The molecule has 1 aromatic carbocycles. The van der Waals surface area contributed by atoms with Crippen LogP contribution in [0.2, 0.25) is 0 Å². The zero-order chi connectivity index (χ0) is 16.0. The largest absolute Gasteiger partial charge is 0.352 e. The second kappa shape index (κ2) is 7.81. The third-order valence-electron chi connectivity index (χ3n) is 3.55. The van der Waals surface area contributed by atoms with Gasteiger partial charge in [-0.05, 0) is 30.9 Å². The quantitative estimate of drug-likeness (QED) is 0.875. The normalized spacial score (nSPS) is 12.1. The van der Waals surface area contributed by atoms with Crippen LogP contribution in [-0.4, -0.2) is 24.4 Å². The summed E-state index contributed by atoms with van der Waals surface area (Å²) in [5.41, 5.74) is 1.89. The van der Waals surface area contributed by atoms with Gasteiger partial charge in [0, 0.05) is 18.7 Å². The lowest BCUT2D eigenvalue weighted by Gasteiger charge is -2.25. The van der Waals surface area contributed by atoms with Gasteiger partial charge < -0.3 is 10.2 Å². The van der Waals surface area contributed by atoms with Gasteiger partial charge >= 0.3 is 0 Å². The van der Waals surface area contributed by atoms with Gasteiger partial charge in [-0.25, -0.2) is 0 Å². The second-order valence-corrected chi connectivity index (χ2v) is 5.70. The molecule has 0 aliphatic carbocycles. The molecule has 1 rings (SSSR count). The molecule has 0 saturated carbocycles. The molecule has 0 aliphatic rings. The molecule has 0 spiro atoms. The lowest BCUT2D eigenvalue weighted by atomic mass is 10.0. The van der Waals surface area contributed by atoms with Crippen LogP contribution < -0.4 is 10.2 Å². The molecule has 0 bridgehead atoms. The fraction of sp³-hybridized carbons (Fsp3) is 0.529. The summed E-state index contributed by atoms with van der Waals surface area (Å²) in [7, 11) is 0. The van der Waals surface area contributed by atoms with Crippen molar-refractivity contribution in [3.8, 4) is 0 Å². The Bertz CT molecular complexity index is 497. The maximum Gasteiger partial charge on any atom is 0.240 e. The number of rotatable bonds is 6. The van der Waals surface area contributed by atoms with Crippen molar-refractivity contribution in [2.75, 3.05) is 11.4 Å². The van der Waals surface area contributed by atoms with Crippen LogP contribution in [0, 0.1) is 0 Å². The summed E-state index contributed by atoms with van der Waals surface area (Å²) in [6.45, 7) is 9.68. The van der Waals surface area contributed by atoms with Gasteiger partial charge in [-0.3, -0.25) is 9.59 Å². The third kappa shape index (κ3) is 4.88. The Morgan fingerprint density at radius 1 is 1.19 bits per heavy atom. The molecule has 4 heteroatoms. The summed E-state index contributed by atoms with van der Waals surface area (Å²) in [4.78, 5) is 25.6. The first-order valence-corrected chi connectivity index (χ1v) is 7.53. The summed E-state index contributed by atoms with van der Waals surface area (Å²) < 4.78 is 0. The number of carbonyl (C=O) groups is 2. The zero-order valence-corrected chi connectivity index (χ0v) is 13.6. The number of nitrogens with zero attached hydrogens (tertiary/aromatic N) is 1. The Morgan fingerprint density at radius 3 is 2.33 bits per heavy atom. The smallest absolute Gasteiger partial charge is 0.240 e. The molecular weight excluding hydrogens is 264 g/mol. The number of hydrogen-bond donors (Lipinski definition) is 1. The average Bonchev–Trinajstić information content (AvgIpc) is 2.44. The Kier molecular flexibility index (Phi) is 6.40. The first kappa shape index (κ1) is 17.2. The van der Waals surface area contributed by atoms with E-state index in [0.29, 0.717) is 5.92 Å².